The molecule has 0 unspecified atom stereocenters. The third-order valence-corrected chi connectivity index (χ3v) is 6.19. The Kier molecular flexibility index (Phi) is 4.97. The van der Waals surface area contributed by atoms with Crippen molar-refractivity contribution in [3.8, 4) is 0 Å². The highest BCUT2D eigenvalue weighted by Crippen LogP contribution is 2.37. The van der Waals surface area contributed by atoms with Crippen LogP contribution in [-0.2, 0) is 13.0 Å². The van der Waals surface area contributed by atoms with Gasteiger partial charge in [0.25, 0.3) is 5.91 Å². The van der Waals surface area contributed by atoms with E-state index in [1.807, 2.05) is 43.3 Å². The normalized spacial score (nSPS) is 15.6. The molecular formula is C27H28N2O. The molecule has 3 aromatic carbocycles. The largest absolute Gasteiger partial charge is 0.322 e. The van der Waals surface area contributed by atoms with Crippen molar-refractivity contribution in [1.82, 2.24) is 4.90 Å². The number of anilines is 1. The van der Waals surface area contributed by atoms with Crippen molar-refractivity contribution < 1.29 is 6.22 Å². The first kappa shape index (κ1) is 18.8. The Balaban J connectivity index is 0.00000231. The molecule has 2 aliphatic rings. The molecular weight excluding hydrogens is 368 g/mol. The second kappa shape index (κ2) is 7.92. The van der Waals surface area contributed by atoms with Crippen LogP contribution in [0, 0.1) is 6.92 Å². The molecule has 0 spiro atoms. The summed E-state index contributed by atoms with van der Waals surface area (Å²) in [5.41, 5.74) is 9.97. The molecule has 3 heteroatoms. The molecule has 3 aromatic rings. The Morgan fingerprint density at radius 1 is 1.03 bits per heavy atom. The van der Waals surface area contributed by atoms with Crippen molar-refractivity contribution in [2.75, 3.05) is 18.4 Å². The van der Waals surface area contributed by atoms with Crippen molar-refractivity contribution in [2.45, 2.75) is 26.3 Å². The predicted octanol–water partition coefficient (Wildman–Crippen LogP) is 5.71. The van der Waals surface area contributed by atoms with Gasteiger partial charge < -0.3 is 5.32 Å². The summed E-state index contributed by atoms with van der Waals surface area (Å²) in [5, 5.41) is 3.04. The van der Waals surface area contributed by atoms with Gasteiger partial charge in [0.15, 0.2) is 0 Å². The molecule has 1 amide bonds. The molecule has 1 heterocycles. The molecule has 152 valence electrons. The quantitative estimate of drug-likeness (QED) is 0.613. The summed E-state index contributed by atoms with van der Waals surface area (Å²) in [5.74, 6) is -0.0671. The van der Waals surface area contributed by atoms with E-state index in [2.05, 4.69) is 46.6 Å². The number of aryl methyl sites for hydroxylation is 1. The second-order valence-electron chi connectivity index (χ2n) is 8.40. The van der Waals surface area contributed by atoms with E-state index in [0.717, 1.165) is 43.7 Å². The van der Waals surface area contributed by atoms with Gasteiger partial charge in [0.05, 0.1) is 0 Å². The minimum absolute atomic E-state index is 0. The summed E-state index contributed by atoms with van der Waals surface area (Å²) in [7, 11) is 0. The van der Waals surface area contributed by atoms with Gasteiger partial charge in [-0.3, -0.25) is 9.69 Å². The number of carbonyl (C=O) groups is 1. The Labute approximate surface area is 179 Å². The molecule has 1 N–H and O–H groups in total. The molecule has 30 heavy (non-hydrogen) atoms. The van der Waals surface area contributed by atoms with Crippen LogP contribution in [0.4, 0.5) is 5.69 Å². The summed E-state index contributed by atoms with van der Waals surface area (Å²) >= 11 is 0. The molecule has 1 aliphatic heterocycles. The van der Waals surface area contributed by atoms with Gasteiger partial charge in [-0.05, 0) is 66.3 Å². The van der Waals surface area contributed by atoms with Crippen molar-refractivity contribution >= 4 is 17.2 Å². The third kappa shape index (κ3) is 3.81. The molecule has 5 rings (SSSR count). The second-order valence-corrected chi connectivity index (χ2v) is 8.40. The zero-order valence-corrected chi connectivity index (χ0v) is 17.3. The van der Waals surface area contributed by atoms with E-state index in [1.54, 1.807) is 5.57 Å². The molecule has 0 fully saturated rings. The Morgan fingerprint density at radius 3 is 2.73 bits per heavy atom. The fraction of sp³-hybridized carbons (Fsp3) is 0.222. The number of carbonyl (C=O) groups excluding carboxylic acids is 1. The van der Waals surface area contributed by atoms with Crippen molar-refractivity contribution in [3.63, 3.8) is 0 Å². The summed E-state index contributed by atoms with van der Waals surface area (Å²) in [6, 6.07) is 24.7. The van der Waals surface area contributed by atoms with Crippen LogP contribution in [0.1, 0.15) is 40.5 Å². The lowest BCUT2D eigenvalue weighted by Crippen LogP contribution is -2.30. The SMILES string of the molecule is Cc1ccc(C(=O)Nc2cccc(CN3CCC4=C(C3)c3ccccc3C4)c2)cc1.[HH]. The van der Waals surface area contributed by atoms with Gasteiger partial charge in [-0.2, -0.15) is 0 Å². The van der Waals surface area contributed by atoms with Crippen LogP contribution < -0.4 is 5.32 Å². The molecule has 0 saturated carbocycles. The van der Waals surface area contributed by atoms with E-state index in [0.29, 0.717) is 5.56 Å². The van der Waals surface area contributed by atoms with E-state index in [9.17, 15) is 4.79 Å². The number of nitrogens with zero attached hydrogens (tertiary/aromatic N) is 1. The molecule has 1 aliphatic carbocycles. The van der Waals surface area contributed by atoms with Crippen molar-refractivity contribution in [3.05, 3.63) is 106 Å². The smallest absolute Gasteiger partial charge is 0.255 e. The van der Waals surface area contributed by atoms with Crippen LogP contribution in [0.5, 0.6) is 0 Å². The van der Waals surface area contributed by atoms with Crippen LogP contribution in [0.25, 0.3) is 5.57 Å². The van der Waals surface area contributed by atoms with Crippen LogP contribution in [-0.4, -0.2) is 23.9 Å². The summed E-state index contributed by atoms with van der Waals surface area (Å²) < 4.78 is 0. The third-order valence-electron chi connectivity index (χ3n) is 6.19. The Bertz CT molecular complexity index is 1130. The highest BCUT2D eigenvalue weighted by atomic mass is 16.1. The zero-order chi connectivity index (χ0) is 20.5. The monoisotopic (exact) mass is 396 g/mol. The van der Waals surface area contributed by atoms with Crippen LogP contribution in [0.2, 0.25) is 0 Å². The van der Waals surface area contributed by atoms with Crippen LogP contribution >= 0.6 is 0 Å². The van der Waals surface area contributed by atoms with Crippen molar-refractivity contribution in [2.24, 2.45) is 0 Å². The maximum Gasteiger partial charge on any atom is 0.255 e. The van der Waals surface area contributed by atoms with E-state index in [-0.39, 0.29) is 7.33 Å². The topological polar surface area (TPSA) is 32.3 Å². The molecule has 0 bridgehead atoms. The lowest BCUT2D eigenvalue weighted by Gasteiger charge is -2.29. The van der Waals surface area contributed by atoms with Crippen molar-refractivity contribution in [1.29, 1.82) is 0 Å². The van der Waals surface area contributed by atoms with E-state index in [4.69, 9.17) is 0 Å². The first-order valence-corrected chi connectivity index (χ1v) is 10.6. The summed E-state index contributed by atoms with van der Waals surface area (Å²) in [6.45, 7) is 5.02. The fourth-order valence-corrected chi connectivity index (χ4v) is 4.58. The number of hydrogen-bond acceptors (Lipinski definition) is 2. The van der Waals surface area contributed by atoms with E-state index >= 15 is 0 Å². The Morgan fingerprint density at radius 2 is 1.87 bits per heavy atom. The maximum absolute atomic E-state index is 12.5. The average Bonchev–Trinajstić information content (AvgIpc) is 3.12. The first-order valence-electron chi connectivity index (χ1n) is 10.6. The van der Waals surface area contributed by atoms with E-state index < -0.39 is 0 Å². The zero-order valence-electron chi connectivity index (χ0n) is 17.3. The minimum atomic E-state index is -0.0671. The number of fused-ring (bicyclic) bond motifs is 2. The fourth-order valence-electron chi connectivity index (χ4n) is 4.58. The Hall–Kier alpha value is -3.17. The molecule has 0 atom stereocenters. The van der Waals surface area contributed by atoms with Crippen LogP contribution in [0.3, 0.4) is 0 Å². The number of benzene rings is 3. The average molecular weight is 397 g/mol. The van der Waals surface area contributed by atoms with Gasteiger partial charge in [0.1, 0.15) is 0 Å². The maximum atomic E-state index is 12.5. The minimum Gasteiger partial charge on any atom is -0.322 e. The summed E-state index contributed by atoms with van der Waals surface area (Å²) in [6.07, 6.45) is 2.27. The van der Waals surface area contributed by atoms with Gasteiger partial charge in [-0.15, -0.1) is 0 Å². The number of rotatable bonds is 4. The first-order chi connectivity index (χ1) is 14.7. The van der Waals surface area contributed by atoms with Gasteiger partial charge in [0.2, 0.25) is 0 Å². The summed E-state index contributed by atoms with van der Waals surface area (Å²) in [4.78, 5) is 15.1. The van der Waals surface area contributed by atoms with Crippen LogP contribution in [0.15, 0.2) is 78.4 Å². The molecule has 0 radical (unpaired) electrons. The lowest BCUT2D eigenvalue weighted by molar-refractivity contribution is 0.102. The van der Waals surface area contributed by atoms with Gasteiger partial charge in [-0.25, -0.2) is 0 Å². The highest BCUT2D eigenvalue weighted by Gasteiger charge is 2.26. The molecule has 0 aromatic heterocycles. The number of nitrogens with one attached hydrogen (secondary N) is 1. The lowest BCUT2D eigenvalue weighted by atomic mass is 9.99. The van der Waals surface area contributed by atoms with Gasteiger partial charge in [0, 0.05) is 32.3 Å². The number of hydrogen-bond donors (Lipinski definition) is 1. The van der Waals surface area contributed by atoms with Gasteiger partial charge >= 0.3 is 0 Å². The molecule has 3 nitrogen and oxygen atoms in total. The van der Waals surface area contributed by atoms with E-state index in [1.165, 1.54) is 22.3 Å². The molecule has 0 saturated heterocycles. The highest BCUT2D eigenvalue weighted by molar-refractivity contribution is 6.04. The predicted molar refractivity (Wildman–Crippen MR) is 125 cm³/mol. The standard InChI is InChI=1S/C27H26N2O.H2/c1-19-9-11-21(12-10-19)27(30)28-24-7-4-5-20(15-24)17-29-14-13-23-16-22-6-2-3-8-25(22)26(23)18-29;/h2-12,15H,13-14,16-18H2,1H3,(H,28,30);1H. The number of amides is 1. The van der Waals surface area contributed by atoms with Gasteiger partial charge in [-0.1, -0.05) is 59.7 Å².